The third-order valence-corrected chi connectivity index (χ3v) is 4.79. The molecule has 2 aromatic heterocycles. The van der Waals surface area contributed by atoms with Gasteiger partial charge in [0.15, 0.2) is 0 Å². The van der Waals surface area contributed by atoms with Crippen molar-refractivity contribution in [3.05, 3.63) is 15.6 Å². The number of thiophene rings is 1. The molecule has 0 aliphatic heterocycles. The van der Waals surface area contributed by atoms with Crippen LogP contribution in [0, 0.1) is 0 Å². The van der Waals surface area contributed by atoms with Crippen LogP contribution in [0.15, 0.2) is 0 Å². The number of nitrogens with one attached hydrogen (secondary N) is 1. The number of fused-ring (bicyclic) bond motifs is 3. The highest BCUT2D eigenvalue weighted by atomic mass is 35.5. The average Bonchev–Trinajstić information content (AvgIpc) is 2.94. The van der Waals surface area contributed by atoms with E-state index in [-0.39, 0.29) is 0 Å². The molecule has 0 saturated heterocycles. The first-order valence-corrected chi connectivity index (χ1v) is 7.69. The molecule has 0 fully saturated rings. The second-order valence-corrected chi connectivity index (χ2v) is 6.09. The maximum Gasteiger partial charge on any atom is 0.225 e. The summed E-state index contributed by atoms with van der Waals surface area (Å²) >= 11 is 8.08. The van der Waals surface area contributed by atoms with Crippen molar-refractivity contribution in [2.24, 2.45) is 0 Å². The van der Waals surface area contributed by atoms with Gasteiger partial charge in [-0.1, -0.05) is 11.6 Å². The van der Waals surface area contributed by atoms with Gasteiger partial charge in [-0.25, -0.2) is 9.97 Å². The van der Waals surface area contributed by atoms with Crippen molar-refractivity contribution in [2.75, 3.05) is 25.6 Å². The fraction of sp³-hybridized carbons (Fsp3) is 0.538. The van der Waals surface area contributed by atoms with Gasteiger partial charge in [0.1, 0.15) is 9.98 Å². The minimum atomic E-state index is 0.582. The normalized spacial score (nSPS) is 14.0. The van der Waals surface area contributed by atoms with E-state index in [2.05, 4.69) is 15.3 Å². The Bertz CT molecular complexity index is 599. The second kappa shape index (κ2) is 5.61. The zero-order valence-electron chi connectivity index (χ0n) is 10.8. The van der Waals surface area contributed by atoms with Gasteiger partial charge in [0.2, 0.25) is 5.95 Å². The molecular weight excluding hydrogens is 282 g/mol. The predicted octanol–water partition coefficient (Wildman–Crippen LogP) is 3.28. The Morgan fingerprint density at radius 2 is 2.26 bits per heavy atom. The maximum atomic E-state index is 6.32. The van der Waals surface area contributed by atoms with Crippen molar-refractivity contribution in [1.82, 2.24) is 9.97 Å². The third kappa shape index (κ3) is 2.55. The summed E-state index contributed by atoms with van der Waals surface area (Å²) in [6.07, 6.45) is 4.42. The number of hydrogen-bond acceptors (Lipinski definition) is 5. The Hall–Kier alpha value is -0.910. The lowest BCUT2D eigenvalue weighted by Gasteiger charge is -2.05. The van der Waals surface area contributed by atoms with Gasteiger partial charge in [0, 0.05) is 25.1 Å². The Morgan fingerprint density at radius 1 is 1.37 bits per heavy atom. The van der Waals surface area contributed by atoms with Gasteiger partial charge in [-0.3, -0.25) is 0 Å². The molecule has 102 valence electrons. The van der Waals surface area contributed by atoms with Crippen molar-refractivity contribution in [1.29, 1.82) is 0 Å². The van der Waals surface area contributed by atoms with Crippen LogP contribution in [-0.2, 0) is 17.6 Å². The van der Waals surface area contributed by atoms with E-state index in [0.717, 1.165) is 42.6 Å². The number of aromatic nitrogens is 2. The smallest absolute Gasteiger partial charge is 0.225 e. The third-order valence-electron chi connectivity index (χ3n) is 3.33. The summed E-state index contributed by atoms with van der Waals surface area (Å²) in [5.41, 5.74) is 1.37. The summed E-state index contributed by atoms with van der Waals surface area (Å²) in [6.45, 7) is 1.52. The monoisotopic (exact) mass is 297 g/mol. The first kappa shape index (κ1) is 13.1. The summed E-state index contributed by atoms with van der Waals surface area (Å²) in [5, 5.41) is 4.85. The van der Waals surface area contributed by atoms with Crippen LogP contribution in [0.2, 0.25) is 5.15 Å². The first-order valence-electron chi connectivity index (χ1n) is 6.50. The second-order valence-electron chi connectivity index (χ2n) is 4.65. The van der Waals surface area contributed by atoms with E-state index >= 15 is 0 Å². The zero-order valence-corrected chi connectivity index (χ0v) is 12.4. The molecule has 6 heteroatoms. The fourth-order valence-corrected chi connectivity index (χ4v) is 4.05. The number of methoxy groups -OCH3 is 1. The van der Waals surface area contributed by atoms with Gasteiger partial charge in [-0.05, 0) is 31.2 Å². The van der Waals surface area contributed by atoms with Crippen LogP contribution in [0.25, 0.3) is 10.2 Å². The lowest BCUT2D eigenvalue weighted by Crippen LogP contribution is -2.07. The standard InChI is InChI=1S/C13H16ClN3OS/c1-18-7-3-6-15-13-16-11(14)10-8-4-2-5-9(8)19-12(10)17-13/h2-7H2,1H3,(H,15,16,17). The van der Waals surface area contributed by atoms with E-state index in [1.165, 1.54) is 16.9 Å². The Kier molecular flexibility index (Phi) is 3.86. The average molecular weight is 298 g/mol. The van der Waals surface area contributed by atoms with E-state index in [1.807, 2.05) is 0 Å². The molecule has 0 radical (unpaired) electrons. The Balaban J connectivity index is 1.84. The van der Waals surface area contributed by atoms with Gasteiger partial charge in [-0.15, -0.1) is 11.3 Å². The zero-order chi connectivity index (χ0) is 13.2. The van der Waals surface area contributed by atoms with E-state index in [4.69, 9.17) is 16.3 Å². The highest BCUT2D eigenvalue weighted by Gasteiger charge is 2.21. The molecule has 0 amide bonds. The number of rotatable bonds is 5. The molecule has 2 heterocycles. The number of anilines is 1. The molecular formula is C13H16ClN3OS. The molecule has 1 aliphatic carbocycles. The van der Waals surface area contributed by atoms with Gasteiger partial charge >= 0.3 is 0 Å². The fourth-order valence-electron chi connectivity index (χ4n) is 2.45. The largest absolute Gasteiger partial charge is 0.385 e. The number of ether oxygens (including phenoxy) is 1. The summed E-state index contributed by atoms with van der Waals surface area (Å²) in [6, 6.07) is 0. The number of aryl methyl sites for hydroxylation is 2. The minimum Gasteiger partial charge on any atom is -0.385 e. The van der Waals surface area contributed by atoms with Crippen LogP contribution in [0.3, 0.4) is 0 Å². The lowest BCUT2D eigenvalue weighted by atomic mass is 10.2. The molecule has 1 aliphatic rings. The van der Waals surface area contributed by atoms with Crippen LogP contribution in [0.1, 0.15) is 23.3 Å². The number of hydrogen-bond donors (Lipinski definition) is 1. The van der Waals surface area contributed by atoms with Crippen LogP contribution in [0.5, 0.6) is 0 Å². The molecule has 1 N–H and O–H groups in total. The predicted molar refractivity (Wildman–Crippen MR) is 79.4 cm³/mol. The topological polar surface area (TPSA) is 47.0 Å². The quantitative estimate of drug-likeness (QED) is 0.679. The van der Waals surface area contributed by atoms with Crippen LogP contribution in [-0.4, -0.2) is 30.2 Å². The molecule has 4 nitrogen and oxygen atoms in total. The number of nitrogens with zero attached hydrogens (tertiary/aromatic N) is 2. The highest BCUT2D eigenvalue weighted by molar-refractivity contribution is 7.19. The molecule has 0 spiro atoms. The highest BCUT2D eigenvalue weighted by Crippen LogP contribution is 2.39. The van der Waals surface area contributed by atoms with Gasteiger partial charge in [0.25, 0.3) is 0 Å². The Labute approximate surface area is 121 Å². The van der Waals surface area contributed by atoms with Crippen molar-refractivity contribution >= 4 is 39.1 Å². The number of halogens is 1. The summed E-state index contributed by atoms with van der Waals surface area (Å²) in [5.74, 6) is 0.619. The molecule has 2 aromatic rings. The van der Waals surface area contributed by atoms with Crippen molar-refractivity contribution < 1.29 is 4.74 Å². The van der Waals surface area contributed by atoms with E-state index in [0.29, 0.717) is 11.1 Å². The molecule has 3 rings (SSSR count). The van der Waals surface area contributed by atoms with Crippen molar-refractivity contribution in [3.8, 4) is 0 Å². The molecule has 0 atom stereocenters. The Morgan fingerprint density at radius 3 is 3.11 bits per heavy atom. The lowest BCUT2D eigenvalue weighted by molar-refractivity contribution is 0.197. The first-order chi connectivity index (χ1) is 9.29. The molecule has 0 aromatic carbocycles. The van der Waals surface area contributed by atoms with Crippen molar-refractivity contribution in [3.63, 3.8) is 0 Å². The van der Waals surface area contributed by atoms with E-state index < -0.39 is 0 Å². The van der Waals surface area contributed by atoms with E-state index in [1.54, 1.807) is 18.4 Å². The maximum absolute atomic E-state index is 6.32. The van der Waals surface area contributed by atoms with Gasteiger partial charge < -0.3 is 10.1 Å². The summed E-state index contributed by atoms with van der Waals surface area (Å²) in [7, 11) is 1.70. The SMILES string of the molecule is COCCCNc1nc(Cl)c2c3c(sc2n1)CCC3. The van der Waals surface area contributed by atoms with Crippen LogP contribution < -0.4 is 5.32 Å². The molecule has 0 unspecified atom stereocenters. The van der Waals surface area contributed by atoms with Crippen molar-refractivity contribution in [2.45, 2.75) is 25.7 Å². The van der Waals surface area contributed by atoms with Gasteiger partial charge in [-0.2, -0.15) is 0 Å². The molecule has 19 heavy (non-hydrogen) atoms. The molecule has 0 bridgehead atoms. The van der Waals surface area contributed by atoms with Gasteiger partial charge in [0.05, 0.1) is 5.39 Å². The van der Waals surface area contributed by atoms with Crippen LogP contribution in [0.4, 0.5) is 5.95 Å². The summed E-state index contributed by atoms with van der Waals surface area (Å²) < 4.78 is 5.01. The molecule has 0 saturated carbocycles. The van der Waals surface area contributed by atoms with E-state index in [9.17, 15) is 0 Å². The van der Waals surface area contributed by atoms with Crippen LogP contribution >= 0.6 is 22.9 Å². The minimum absolute atomic E-state index is 0.582. The summed E-state index contributed by atoms with van der Waals surface area (Å²) in [4.78, 5) is 11.4.